The van der Waals surface area contributed by atoms with Crippen molar-refractivity contribution in [3.8, 4) is 16.8 Å². The molecule has 2 aromatic heterocycles. The van der Waals surface area contributed by atoms with Crippen molar-refractivity contribution in [1.29, 1.82) is 0 Å². The Labute approximate surface area is 169 Å². The summed E-state index contributed by atoms with van der Waals surface area (Å²) in [6.07, 6.45) is 3.59. The van der Waals surface area contributed by atoms with E-state index in [1.54, 1.807) is 10.8 Å². The Morgan fingerprint density at radius 1 is 0.897 bits per heavy atom. The molecule has 1 aliphatic heterocycles. The van der Waals surface area contributed by atoms with E-state index in [9.17, 15) is 4.79 Å². The lowest BCUT2D eigenvalue weighted by Crippen LogP contribution is -2.46. The number of benzene rings is 2. The molecule has 4 aromatic rings. The summed E-state index contributed by atoms with van der Waals surface area (Å²) in [5.74, 6) is 0. The Balaban J connectivity index is 1.66. The monoisotopic (exact) mass is 384 g/mol. The molecule has 29 heavy (non-hydrogen) atoms. The van der Waals surface area contributed by atoms with Crippen molar-refractivity contribution in [3.05, 3.63) is 83.4 Å². The maximum absolute atomic E-state index is 13.6. The van der Waals surface area contributed by atoms with E-state index >= 15 is 0 Å². The first-order chi connectivity index (χ1) is 14.2. The highest BCUT2D eigenvalue weighted by molar-refractivity contribution is 5.75. The van der Waals surface area contributed by atoms with Crippen LogP contribution < -0.4 is 11.0 Å². The predicted octanol–water partition coefficient (Wildman–Crippen LogP) is 3.95. The van der Waals surface area contributed by atoms with Gasteiger partial charge in [0.2, 0.25) is 0 Å². The zero-order chi connectivity index (χ0) is 19.8. The Morgan fingerprint density at radius 3 is 2.31 bits per heavy atom. The number of pyridine rings is 1. The van der Waals surface area contributed by atoms with Gasteiger partial charge in [0.1, 0.15) is 0 Å². The molecule has 2 aromatic carbocycles. The first kappa shape index (κ1) is 17.9. The molecule has 0 bridgehead atoms. The maximum atomic E-state index is 13.6. The van der Waals surface area contributed by atoms with Gasteiger partial charge in [-0.1, -0.05) is 42.5 Å². The average Bonchev–Trinajstić information content (AvgIpc) is 3.07. The molecular weight excluding hydrogens is 360 g/mol. The van der Waals surface area contributed by atoms with Crippen LogP contribution in [0.5, 0.6) is 0 Å². The highest BCUT2D eigenvalue weighted by atomic mass is 16.2. The third-order valence-electron chi connectivity index (χ3n) is 6.05. The average molecular weight is 384 g/mol. The lowest BCUT2D eigenvalue weighted by Gasteiger charge is -2.34. The van der Waals surface area contributed by atoms with Gasteiger partial charge in [-0.2, -0.15) is 0 Å². The molecule has 5 heteroatoms. The van der Waals surface area contributed by atoms with E-state index in [1.807, 2.05) is 47.0 Å². The quantitative estimate of drug-likeness (QED) is 0.582. The van der Waals surface area contributed by atoms with Gasteiger partial charge in [-0.15, -0.1) is 0 Å². The van der Waals surface area contributed by atoms with E-state index in [-0.39, 0.29) is 11.2 Å². The van der Waals surface area contributed by atoms with E-state index < -0.39 is 0 Å². The number of rotatable bonds is 3. The van der Waals surface area contributed by atoms with E-state index in [2.05, 4.69) is 41.5 Å². The Bertz CT molecular complexity index is 1200. The molecule has 0 spiro atoms. The summed E-state index contributed by atoms with van der Waals surface area (Å²) in [6.45, 7) is 3.99. The first-order valence-corrected chi connectivity index (χ1v) is 10.1. The molecule has 146 valence electrons. The van der Waals surface area contributed by atoms with Gasteiger partial charge in [0, 0.05) is 6.20 Å². The molecule has 0 amide bonds. The third kappa shape index (κ3) is 2.98. The minimum Gasteiger partial charge on any atom is -0.317 e. The minimum absolute atomic E-state index is 0.0180. The van der Waals surface area contributed by atoms with Crippen molar-refractivity contribution in [2.24, 2.45) is 0 Å². The topological polar surface area (TPSA) is 51.9 Å². The third-order valence-corrected chi connectivity index (χ3v) is 6.05. The number of aromatic nitrogens is 3. The zero-order valence-corrected chi connectivity index (χ0v) is 16.5. The second kappa shape index (κ2) is 7.01. The fourth-order valence-corrected chi connectivity index (χ4v) is 4.39. The van der Waals surface area contributed by atoms with Gasteiger partial charge in [-0.05, 0) is 68.2 Å². The molecular formula is C24H24N4O. The Morgan fingerprint density at radius 2 is 1.59 bits per heavy atom. The van der Waals surface area contributed by atoms with Gasteiger partial charge in [-0.3, -0.25) is 9.13 Å². The van der Waals surface area contributed by atoms with Crippen molar-refractivity contribution < 1.29 is 0 Å². The van der Waals surface area contributed by atoms with Crippen LogP contribution in [0.4, 0.5) is 0 Å². The number of imidazole rings is 1. The summed E-state index contributed by atoms with van der Waals surface area (Å²) in [5, 5.41) is 3.39. The van der Waals surface area contributed by atoms with Crippen LogP contribution >= 0.6 is 0 Å². The molecule has 0 saturated carbocycles. The molecule has 5 rings (SSSR count). The molecule has 3 heterocycles. The predicted molar refractivity (Wildman–Crippen MR) is 117 cm³/mol. The van der Waals surface area contributed by atoms with Crippen LogP contribution in [-0.2, 0) is 5.54 Å². The van der Waals surface area contributed by atoms with E-state index in [0.717, 1.165) is 53.9 Å². The standard InChI is InChI=1S/C24H24N4O/c1-24(13-16-25-17-14-24)28-22-21(8-5-15-26-22)27(23(28)29)20-11-9-19(10-12-20)18-6-3-2-4-7-18/h2-12,15,25H,13-14,16-17H2,1H3. The summed E-state index contributed by atoms with van der Waals surface area (Å²) in [4.78, 5) is 18.2. The van der Waals surface area contributed by atoms with Crippen molar-refractivity contribution in [3.63, 3.8) is 0 Å². The lowest BCUT2D eigenvalue weighted by molar-refractivity contribution is 0.230. The van der Waals surface area contributed by atoms with Crippen LogP contribution in [0, 0.1) is 0 Å². The molecule has 1 aliphatic rings. The van der Waals surface area contributed by atoms with Crippen molar-refractivity contribution in [2.45, 2.75) is 25.3 Å². The van der Waals surface area contributed by atoms with Crippen LogP contribution in [0.25, 0.3) is 28.0 Å². The van der Waals surface area contributed by atoms with Crippen LogP contribution in [0.3, 0.4) is 0 Å². The van der Waals surface area contributed by atoms with Crippen LogP contribution in [0.15, 0.2) is 77.7 Å². The second-order valence-corrected chi connectivity index (χ2v) is 7.96. The number of hydrogen-bond donors (Lipinski definition) is 1. The summed E-state index contributed by atoms with van der Waals surface area (Å²) in [5.41, 5.74) is 4.52. The smallest absolute Gasteiger partial charge is 0.317 e. The van der Waals surface area contributed by atoms with Crippen molar-refractivity contribution in [2.75, 3.05) is 13.1 Å². The Kier molecular flexibility index (Phi) is 4.32. The molecule has 1 saturated heterocycles. The van der Waals surface area contributed by atoms with E-state index in [1.165, 1.54) is 0 Å². The fourth-order valence-electron chi connectivity index (χ4n) is 4.39. The van der Waals surface area contributed by atoms with Crippen molar-refractivity contribution >= 4 is 11.2 Å². The van der Waals surface area contributed by atoms with Gasteiger partial charge in [0.15, 0.2) is 5.65 Å². The zero-order valence-electron chi connectivity index (χ0n) is 16.5. The summed E-state index contributed by atoms with van der Waals surface area (Å²) >= 11 is 0. The first-order valence-electron chi connectivity index (χ1n) is 10.1. The normalized spacial score (nSPS) is 16.2. The number of nitrogens with one attached hydrogen (secondary N) is 1. The van der Waals surface area contributed by atoms with Gasteiger partial charge in [0.05, 0.1) is 16.7 Å². The highest BCUT2D eigenvalue weighted by Crippen LogP contribution is 2.30. The molecule has 0 aliphatic carbocycles. The van der Waals surface area contributed by atoms with Gasteiger partial charge in [0.25, 0.3) is 0 Å². The second-order valence-electron chi connectivity index (χ2n) is 7.96. The largest absolute Gasteiger partial charge is 0.335 e. The summed E-state index contributed by atoms with van der Waals surface area (Å²) in [6, 6.07) is 22.3. The number of nitrogens with zero attached hydrogens (tertiary/aromatic N) is 3. The van der Waals surface area contributed by atoms with Crippen molar-refractivity contribution in [1.82, 2.24) is 19.4 Å². The van der Waals surface area contributed by atoms with E-state index in [0.29, 0.717) is 0 Å². The van der Waals surface area contributed by atoms with E-state index in [4.69, 9.17) is 0 Å². The maximum Gasteiger partial charge on any atom is 0.335 e. The van der Waals surface area contributed by atoms with Gasteiger partial charge >= 0.3 is 5.69 Å². The Hall–Kier alpha value is -3.18. The molecule has 1 fully saturated rings. The summed E-state index contributed by atoms with van der Waals surface area (Å²) < 4.78 is 3.71. The van der Waals surface area contributed by atoms with Crippen LogP contribution in [-0.4, -0.2) is 27.2 Å². The molecule has 0 atom stereocenters. The minimum atomic E-state index is -0.232. The summed E-state index contributed by atoms with van der Waals surface area (Å²) in [7, 11) is 0. The lowest BCUT2D eigenvalue weighted by atomic mass is 9.90. The van der Waals surface area contributed by atoms with Gasteiger partial charge in [-0.25, -0.2) is 9.78 Å². The fraction of sp³-hybridized carbons (Fsp3) is 0.250. The number of hydrogen-bond acceptors (Lipinski definition) is 3. The number of piperidine rings is 1. The molecule has 1 N–H and O–H groups in total. The molecule has 0 radical (unpaired) electrons. The van der Waals surface area contributed by atoms with Gasteiger partial charge < -0.3 is 5.32 Å². The van der Waals surface area contributed by atoms with Crippen LogP contribution in [0.1, 0.15) is 19.8 Å². The molecule has 5 nitrogen and oxygen atoms in total. The highest BCUT2D eigenvalue weighted by Gasteiger charge is 2.33. The number of fused-ring (bicyclic) bond motifs is 1. The molecule has 0 unspecified atom stereocenters. The van der Waals surface area contributed by atoms with Crippen LogP contribution in [0.2, 0.25) is 0 Å². The SMILES string of the molecule is CC1(n2c(=O)n(-c3ccc(-c4ccccc4)cc3)c3cccnc32)CCNCC1.